The van der Waals surface area contributed by atoms with Gasteiger partial charge in [-0.15, -0.1) is 0 Å². The summed E-state index contributed by atoms with van der Waals surface area (Å²) in [6.07, 6.45) is 4.66. The van der Waals surface area contributed by atoms with Crippen molar-refractivity contribution in [2.45, 2.75) is 58.9 Å². The molecule has 0 aliphatic carbocycles. The van der Waals surface area contributed by atoms with E-state index in [1.165, 1.54) is 16.7 Å². The fourth-order valence-electron chi connectivity index (χ4n) is 3.75. The van der Waals surface area contributed by atoms with Crippen LogP contribution in [0.25, 0.3) is 0 Å². The third-order valence-electron chi connectivity index (χ3n) is 5.00. The van der Waals surface area contributed by atoms with Crippen LogP contribution in [-0.4, -0.2) is 49.5 Å². The summed E-state index contributed by atoms with van der Waals surface area (Å²) < 4.78 is 0. The van der Waals surface area contributed by atoms with E-state index < -0.39 is 0 Å². The first kappa shape index (κ1) is 20.3. The van der Waals surface area contributed by atoms with Gasteiger partial charge in [-0.05, 0) is 45.1 Å². The normalized spacial score (nSPS) is 16.1. The Balaban J connectivity index is 1.72. The molecule has 0 spiro atoms. The Bertz CT molecular complexity index is 606. The van der Waals surface area contributed by atoms with Gasteiger partial charge in [-0.2, -0.15) is 0 Å². The molecule has 1 saturated heterocycles. The first-order chi connectivity index (χ1) is 12.5. The lowest BCUT2D eigenvalue weighted by atomic mass is 10.1. The molecule has 144 valence electrons. The molecular weight excluding hydrogens is 324 g/mol. The van der Waals surface area contributed by atoms with Gasteiger partial charge in [-0.1, -0.05) is 36.2 Å². The number of amides is 1. The molecule has 1 aliphatic rings. The maximum Gasteiger partial charge on any atom is 0.222 e. The maximum atomic E-state index is 11.9. The summed E-state index contributed by atoms with van der Waals surface area (Å²) in [4.78, 5) is 18.3. The topological polar surface area (TPSA) is 56.7 Å². The zero-order chi connectivity index (χ0) is 18.9. The molecule has 0 radical (unpaired) electrons. The number of likely N-dealkylation sites (tertiary alicyclic amines) is 1. The van der Waals surface area contributed by atoms with Gasteiger partial charge in [0.05, 0.1) is 0 Å². The number of carbonyl (C=O) groups is 1. The van der Waals surface area contributed by atoms with Crippen LogP contribution in [0.4, 0.5) is 0 Å². The minimum absolute atomic E-state index is 0.313. The van der Waals surface area contributed by atoms with Gasteiger partial charge in [0.2, 0.25) is 5.91 Å². The first-order valence-corrected chi connectivity index (χ1v) is 9.84. The Hall–Kier alpha value is -2.04. The number of carbonyl (C=O) groups excluding carboxylic acids is 1. The molecule has 1 unspecified atom stereocenters. The highest BCUT2D eigenvalue weighted by Gasteiger charge is 2.26. The van der Waals surface area contributed by atoms with Crippen molar-refractivity contribution in [3.8, 4) is 0 Å². The van der Waals surface area contributed by atoms with E-state index in [2.05, 4.69) is 59.5 Å². The number of hydrogen-bond donors (Lipinski definition) is 2. The van der Waals surface area contributed by atoms with E-state index >= 15 is 0 Å². The molecule has 0 saturated carbocycles. The Morgan fingerprint density at radius 1 is 1.19 bits per heavy atom. The third-order valence-corrected chi connectivity index (χ3v) is 5.00. The van der Waals surface area contributed by atoms with Crippen molar-refractivity contribution in [3.05, 3.63) is 34.9 Å². The van der Waals surface area contributed by atoms with E-state index in [0.29, 0.717) is 18.4 Å². The monoisotopic (exact) mass is 358 g/mol. The molecule has 2 rings (SSSR count). The Kier molecular flexibility index (Phi) is 7.95. The minimum Gasteiger partial charge on any atom is -0.356 e. The van der Waals surface area contributed by atoms with Crippen molar-refractivity contribution < 1.29 is 4.79 Å². The van der Waals surface area contributed by atoms with E-state index in [4.69, 9.17) is 0 Å². The van der Waals surface area contributed by atoms with Gasteiger partial charge in [0, 0.05) is 39.1 Å². The van der Waals surface area contributed by atoms with Crippen LogP contribution < -0.4 is 10.6 Å². The van der Waals surface area contributed by atoms with Crippen LogP contribution in [-0.2, 0) is 11.2 Å². The molecule has 1 atom stereocenters. The molecule has 5 heteroatoms. The average molecular weight is 359 g/mol. The molecule has 1 aliphatic heterocycles. The zero-order valence-corrected chi connectivity index (χ0v) is 16.8. The molecule has 2 N–H and O–H groups in total. The second-order valence-corrected chi connectivity index (χ2v) is 7.21. The molecule has 1 heterocycles. The van der Waals surface area contributed by atoms with Crippen molar-refractivity contribution >= 4 is 11.9 Å². The third kappa shape index (κ3) is 6.04. The van der Waals surface area contributed by atoms with Crippen molar-refractivity contribution in [1.29, 1.82) is 0 Å². The lowest BCUT2D eigenvalue weighted by Crippen LogP contribution is -2.42. The van der Waals surface area contributed by atoms with Gasteiger partial charge >= 0.3 is 0 Å². The number of aryl methyl sites for hydroxylation is 2. The van der Waals surface area contributed by atoms with Gasteiger partial charge in [-0.3, -0.25) is 9.79 Å². The molecule has 1 amide bonds. The van der Waals surface area contributed by atoms with E-state index in [1.807, 2.05) is 0 Å². The van der Waals surface area contributed by atoms with Crippen LogP contribution in [0.3, 0.4) is 0 Å². The summed E-state index contributed by atoms with van der Waals surface area (Å²) in [6, 6.07) is 7.02. The Morgan fingerprint density at radius 2 is 1.88 bits per heavy atom. The summed E-state index contributed by atoms with van der Waals surface area (Å²) in [5, 5.41) is 6.77. The summed E-state index contributed by atoms with van der Waals surface area (Å²) in [6.45, 7) is 9.03. The number of nitrogens with zero attached hydrogens (tertiary/aromatic N) is 2. The van der Waals surface area contributed by atoms with Crippen LogP contribution in [0.5, 0.6) is 0 Å². The molecule has 1 aromatic rings. The fourth-order valence-corrected chi connectivity index (χ4v) is 3.75. The van der Waals surface area contributed by atoms with Gasteiger partial charge in [0.25, 0.3) is 0 Å². The molecular formula is C21H34N4O. The smallest absolute Gasteiger partial charge is 0.222 e. The minimum atomic E-state index is 0.313. The predicted octanol–water partition coefficient (Wildman–Crippen LogP) is 2.80. The van der Waals surface area contributed by atoms with Gasteiger partial charge < -0.3 is 15.5 Å². The van der Waals surface area contributed by atoms with Crippen molar-refractivity contribution in [3.63, 3.8) is 0 Å². The second-order valence-electron chi connectivity index (χ2n) is 7.21. The summed E-state index contributed by atoms with van der Waals surface area (Å²) in [7, 11) is 1.80. The summed E-state index contributed by atoms with van der Waals surface area (Å²) in [5.41, 5.74) is 3.97. The zero-order valence-electron chi connectivity index (χ0n) is 16.8. The molecule has 0 bridgehead atoms. The number of benzene rings is 1. The SMILES string of the molecule is CCC(CCNC(=NC)NCCc1cc(C)cc(C)c1)N1CCCC1=O. The van der Waals surface area contributed by atoms with E-state index in [9.17, 15) is 4.79 Å². The largest absolute Gasteiger partial charge is 0.356 e. The number of rotatable bonds is 8. The maximum absolute atomic E-state index is 11.9. The van der Waals surface area contributed by atoms with Crippen molar-refractivity contribution in [2.24, 2.45) is 4.99 Å². The Labute approximate surface area is 158 Å². The molecule has 1 aromatic carbocycles. The van der Waals surface area contributed by atoms with E-state index in [0.717, 1.165) is 51.3 Å². The highest BCUT2D eigenvalue weighted by atomic mass is 16.2. The number of guanidine groups is 1. The highest BCUT2D eigenvalue weighted by Crippen LogP contribution is 2.17. The number of nitrogens with one attached hydrogen (secondary N) is 2. The lowest BCUT2D eigenvalue weighted by molar-refractivity contribution is -0.129. The fraction of sp³-hybridized carbons (Fsp3) is 0.619. The van der Waals surface area contributed by atoms with E-state index in [-0.39, 0.29) is 0 Å². The summed E-state index contributed by atoms with van der Waals surface area (Å²) in [5.74, 6) is 1.14. The van der Waals surface area contributed by atoms with Gasteiger partial charge in [0.15, 0.2) is 5.96 Å². The van der Waals surface area contributed by atoms with Crippen LogP contribution in [0.2, 0.25) is 0 Å². The van der Waals surface area contributed by atoms with Gasteiger partial charge in [0.1, 0.15) is 0 Å². The second kappa shape index (κ2) is 10.2. The highest BCUT2D eigenvalue weighted by molar-refractivity contribution is 5.79. The standard InChI is InChI=1S/C21H34N4O/c1-5-19(25-12-6-7-20(25)26)9-11-24-21(22-4)23-10-8-18-14-16(2)13-17(3)15-18/h13-15,19H,5-12H2,1-4H3,(H2,22,23,24). The molecule has 1 fully saturated rings. The van der Waals surface area contributed by atoms with Crippen LogP contribution in [0, 0.1) is 13.8 Å². The molecule has 26 heavy (non-hydrogen) atoms. The van der Waals surface area contributed by atoms with E-state index in [1.54, 1.807) is 7.05 Å². The van der Waals surface area contributed by atoms with Crippen LogP contribution in [0.1, 0.15) is 49.3 Å². The van der Waals surface area contributed by atoms with Crippen molar-refractivity contribution in [1.82, 2.24) is 15.5 Å². The number of hydrogen-bond acceptors (Lipinski definition) is 2. The predicted molar refractivity (Wildman–Crippen MR) is 109 cm³/mol. The molecule has 0 aromatic heterocycles. The van der Waals surface area contributed by atoms with Crippen molar-refractivity contribution in [2.75, 3.05) is 26.7 Å². The lowest BCUT2D eigenvalue weighted by Gasteiger charge is -2.27. The average Bonchev–Trinajstić information content (AvgIpc) is 3.02. The molecule has 5 nitrogen and oxygen atoms in total. The first-order valence-electron chi connectivity index (χ1n) is 9.84. The van der Waals surface area contributed by atoms with Crippen LogP contribution >= 0.6 is 0 Å². The van der Waals surface area contributed by atoms with Crippen LogP contribution in [0.15, 0.2) is 23.2 Å². The quantitative estimate of drug-likeness (QED) is 0.555. The summed E-state index contributed by atoms with van der Waals surface area (Å²) >= 11 is 0. The van der Waals surface area contributed by atoms with Gasteiger partial charge in [-0.25, -0.2) is 0 Å². The number of aliphatic imine (C=N–C) groups is 1. The Morgan fingerprint density at radius 3 is 2.46 bits per heavy atom.